The largest absolute Gasteiger partial charge is 0.512 e. The monoisotopic (exact) mass is 300 g/mol. The number of rotatable bonds is 0. The van der Waals surface area contributed by atoms with Crippen molar-refractivity contribution >= 4 is 27.0 Å². The van der Waals surface area contributed by atoms with Crippen LogP contribution in [0.15, 0.2) is 48.5 Å². The van der Waals surface area contributed by atoms with Gasteiger partial charge in [-0.3, -0.25) is 0 Å². The lowest BCUT2D eigenvalue weighted by molar-refractivity contribution is 0.401. The molecule has 104 valence electrons. The first-order chi connectivity index (χ1) is 9.40. The molecule has 0 fully saturated rings. The number of hydrogen-bond acceptors (Lipinski definition) is 2. The van der Waals surface area contributed by atoms with E-state index in [4.69, 9.17) is 8.85 Å². The maximum absolute atomic E-state index is 6.27. The third-order valence-electron chi connectivity index (χ3n) is 3.83. The number of benzene rings is 2. The first-order valence-corrected chi connectivity index (χ1v) is 12.8. The van der Waals surface area contributed by atoms with E-state index in [1.165, 1.54) is 10.4 Å². The molecule has 1 aliphatic heterocycles. The Bertz CT molecular complexity index is 597. The summed E-state index contributed by atoms with van der Waals surface area (Å²) in [7, 11) is -4.02. The van der Waals surface area contributed by atoms with Crippen LogP contribution in [0.25, 0.3) is 0 Å². The molecule has 0 N–H and O–H groups in total. The number of fused-ring (bicyclic) bond motifs is 2. The standard InChI is InChI=1S/C16H20O2Si2/c1-19(2)15-11-7-5-9-13(15)17-20(3,4)18-14-10-6-8-12-16(14)19/h5-12H,1-4H3. The maximum Gasteiger partial charge on any atom is 0.454 e. The van der Waals surface area contributed by atoms with Crippen LogP contribution >= 0.6 is 0 Å². The molecular formula is C16H20O2Si2. The van der Waals surface area contributed by atoms with Gasteiger partial charge >= 0.3 is 8.56 Å². The number of para-hydroxylation sites is 2. The van der Waals surface area contributed by atoms with Crippen LogP contribution in [-0.4, -0.2) is 16.6 Å². The molecule has 3 rings (SSSR count). The van der Waals surface area contributed by atoms with Crippen LogP contribution < -0.4 is 19.2 Å². The van der Waals surface area contributed by atoms with Crippen LogP contribution in [0.3, 0.4) is 0 Å². The molecule has 2 aromatic carbocycles. The molecule has 0 aromatic heterocycles. The fourth-order valence-corrected chi connectivity index (χ4v) is 7.32. The summed E-state index contributed by atoms with van der Waals surface area (Å²) in [6.45, 7) is 8.91. The molecule has 0 atom stereocenters. The van der Waals surface area contributed by atoms with Crippen molar-refractivity contribution in [2.75, 3.05) is 0 Å². The van der Waals surface area contributed by atoms with Gasteiger partial charge in [-0.2, -0.15) is 0 Å². The van der Waals surface area contributed by atoms with E-state index in [1.54, 1.807) is 0 Å². The molecule has 0 spiro atoms. The third-order valence-corrected chi connectivity index (χ3v) is 8.77. The van der Waals surface area contributed by atoms with Gasteiger partial charge in [0.2, 0.25) is 0 Å². The highest BCUT2D eigenvalue weighted by Crippen LogP contribution is 2.26. The van der Waals surface area contributed by atoms with Crippen LogP contribution in [0.5, 0.6) is 11.5 Å². The highest BCUT2D eigenvalue weighted by atomic mass is 28.4. The van der Waals surface area contributed by atoms with Gasteiger partial charge in [-0.1, -0.05) is 49.5 Å². The third kappa shape index (κ3) is 2.19. The smallest absolute Gasteiger partial charge is 0.454 e. The Hall–Kier alpha value is -1.53. The second-order valence-electron chi connectivity index (χ2n) is 6.22. The van der Waals surface area contributed by atoms with Crippen molar-refractivity contribution in [2.45, 2.75) is 26.2 Å². The van der Waals surface area contributed by atoms with Gasteiger partial charge in [0, 0.05) is 13.1 Å². The summed E-state index contributed by atoms with van der Waals surface area (Å²) in [5, 5.41) is 2.72. The molecule has 2 aromatic rings. The van der Waals surface area contributed by atoms with Gasteiger partial charge in [0.1, 0.15) is 19.6 Å². The molecule has 1 heterocycles. The molecule has 0 saturated heterocycles. The highest BCUT2D eigenvalue weighted by Gasteiger charge is 2.39. The second-order valence-corrected chi connectivity index (χ2v) is 13.8. The summed E-state index contributed by atoms with van der Waals surface area (Å²) in [4.78, 5) is 0. The predicted octanol–water partition coefficient (Wildman–Crippen LogP) is 2.98. The lowest BCUT2D eigenvalue weighted by atomic mass is 10.3. The minimum absolute atomic E-state index is 1.01. The summed E-state index contributed by atoms with van der Waals surface area (Å²) in [5.41, 5.74) is 0. The van der Waals surface area contributed by atoms with Crippen LogP contribution in [-0.2, 0) is 0 Å². The molecule has 0 aliphatic carbocycles. The molecule has 2 nitrogen and oxygen atoms in total. The van der Waals surface area contributed by atoms with E-state index in [0.717, 1.165) is 11.5 Å². The van der Waals surface area contributed by atoms with Crippen LogP contribution in [0, 0.1) is 0 Å². The zero-order valence-electron chi connectivity index (χ0n) is 12.4. The van der Waals surface area contributed by atoms with Gasteiger partial charge in [-0.05, 0) is 22.5 Å². The molecule has 0 unspecified atom stereocenters. The van der Waals surface area contributed by atoms with E-state index in [9.17, 15) is 0 Å². The van der Waals surface area contributed by atoms with E-state index < -0.39 is 16.6 Å². The van der Waals surface area contributed by atoms with Gasteiger partial charge in [-0.25, -0.2) is 0 Å². The Balaban J connectivity index is 2.29. The molecule has 20 heavy (non-hydrogen) atoms. The molecule has 1 aliphatic rings. The molecule has 0 bridgehead atoms. The predicted molar refractivity (Wildman–Crippen MR) is 88.4 cm³/mol. The van der Waals surface area contributed by atoms with E-state index in [0.29, 0.717) is 0 Å². The Morgan fingerprint density at radius 1 is 0.650 bits per heavy atom. The SMILES string of the molecule is C[Si]1(C)Oc2ccccc2[Si](C)(C)c2ccccc2O1. The fraction of sp³-hybridized carbons (Fsp3) is 0.250. The first kappa shape index (κ1) is 13.5. The maximum atomic E-state index is 6.27. The zero-order valence-corrected chi connectivity index (χ0v) is 14.4. The fourth-order valence-electron chi connectivity index (χ4n) is 2.84. The van der Waals surface area contributed by atoms with E-state index in [2.05, 4.69) is 62.6 Å². The van der Waals surface area contributed by atoms with Crippen molar-refractivity contribution in [1.29, 1.82) is 0 Å². The van der Waals surface area contributed by atoms with E-state index in [-0.39, 0.29) is 0 Å². The molecule has 0 radical (unpaired) electrons. The lowest BCUT2D eigenvalue weighted by Crippen LogP contribution is -2.58. The lowest BCUT2D eigenvalue weighted by Gasteiger charge is -2.36. The summed E-state index contributed by atoms with van der Waals surface area (Å²) >= 11 is 0. The van der Waals surface area contributed by atoms with Gasteiger partial charge < -0.3 is 8.85 Å². The Labute approximate surface area is 122 Å². The minimum atomic E-state index is -2.22. The number of hydrogen-bond donors (Lipinski definition) is 0. The van der Waals surface area contributed by atoms with Crippen molar-refractivity contribution in [3.63, 3.8) is 0 Å². The van der Waals surface area contributed by atoms with E-state index in [1.807, 2.05) is 12.1 Å². The van der Waals surface area contributed by atoms with Gasteiger partial charge in [0.25, 0.3) is 0 Å². The summed E-state index contributed by atoms with van der Waals surface area (Å²) in [6, 6.07) is 16.9. The van der Waals surface area contributed by atoms with Crippen molar-refractivity contribution in [2.24, 2.45) is 0 Å². The Morgan fingerprint density at radius 2 is 1.05 bits per heavy atom. The normalized spacial score (nSPS) is 18.6. The average Bonchev–Trinajstić information content (AvgIpc) is 2.37. The Kier molecular flexibility index (Phi) is 3.03. The van der Waals surface area contributed by atoms with Crippen LogP contribution in [0.1, 0.15) is 0 Å². The molecule has 4 heteroatoms. The molecular weight excluding hydrogens is 280 g/mol. The van der Waals surface area contributed by atoms with Crippen molar-refractivity contribution in [3.05, 3.63) is 48.5 Å². The first-order valence-electron chi connectivity index (χ1n) is 6.97. The second kappa shape index (κ2) is 4.50. The summed E-state index contributed by atoms with van der Waals surface area (Å²) in [6.07, 6.45) is 0. The van der Waals surface area contributed by atoms with Gasteiger partial charge in [0.15, 0.2) is 0 Å². The summed E-state index contributed by atoms with van der Waals surface area (Å²) in [5.74, 6) is 2.02. The van der Waals surface area contributed by atoms with Gasteiger partial charge in [0.05, 0.1) is 0 Å². The Morgan fingerprint density at radius 3 is 1.50 bits per heavy atom. The van der Waals surface area contributed by atoms with E-state index >= 15 is 0 Å². The minimum Gasteiger partial charge on any atom is -0.512 e. The molecule has 0 saturated carbocycles. The van der Waals surface area contributed by atoms with Crippen LogP contribution in [0.4, 0.5) is 0 Å². The topological polar surface area (TPSA) is 18.5 Å². The van der Waals surface area contributed by atoms with Crippen LogP contribution in [0.2, 0.25) is 26.2 Å². The average molecular weight is 301 g/mol. The zero-order chi connectivity index (χ0) is 14.4. The molecule has 0 amide bonds. The van der Waals surface area contributed by atoms with Crippen molar-refractivity contribution < 1.29 is 8.85 Å². The summed E-state index contributed by atoms with van der Waals surface area (Å²) < 4.78 is 12.5. The quantitative estimate of drug-likeness (QED) is 0.696. The van der Waals surface area contributed by atoms with Crippen molar-refractivity contribution in [3.8, 4) is 11.5 Å². The van der Waals surface area contributed by atoms with Crippen molar-refractivity contribution in [1.82, 2.24) is 0 Å². The van der Waals surface area contributed by atoms with Gasteiger partial charge in [-0.15, -0.1) is 0 Å². The highest BCUT2D eigenvalue weighted by molar-refractivity contribution is 7.01.